The Hall–Kier alpha value is -6.38. The molecule has 0 amide bonds. The van der Waals surface area contributed by atoms with Crippen molar-refractivity contribution < 1.29 is 4.42 Å². The van der Waals surface area contributed by atoms with Crippen LogP contribution in [0.15, 0.2) is 192 Å². The van der Waals surface area contributed by atoms with Crippen LogP contribution in [0, 0.1) is 0 Å². The van der Waals surface area contributed by atoms with Gasteiger partial charge >= 0.3 is 0 Å². The minimum absolute atomic E-state index is 0.885. The van der Waals surface area contributed by atoms with Crippen molar-refractivity contribution in [2.75, 3.05) is 4.90 Å². The highest BCUT2D eigenvalue weighted by Gasteiger charge is 2.17. The lowest BCUT2D eigenvalue weighted by Crippen LogP contribution is -2.10. The molecule has 8 aromatic carbocycles. The van der Waals surface area contributed by atoms with E-state index in [1.54, 1.807) is 0 Å². The van der Waals surface area contributed by atoms with Crippen LogP contribution in [-0.4, -0.2) is 0 Å². The Kier molecular flexibility index (Phi) is 6.84. The Balaban J connectivity index is 1.05. The molecule has 0 saturated heterocycles. The number of rotatable bonds is 6. The Bertz CT molecular complexity index is 2510. The van der Waals surface area contributed by atoms with Crippen LogP contribution in [0.25, 0.3) is 66.1 Å². The van der Waals surface area contributed by atoms with Crippen molar-refractivity contribution in [3.05, 3.63) is 188 Å². The smallest absolute Gasteiger partial charge is 0.135 e. The highest BCUT2D eigenvalue weighted by molar-refractivity contribution is 6.14. The minimum Gasteiger partial charge on any atom is -0.456 e. The van der Waals surface area contributed by atoms with Gasteiger partial charge in [-0.25, -0.2) is 0 Å². The van der Waals surface area contributed by atoms with Crippen molar-refractivity contribution in [1.29, 1.82) is 0 Å². The zero-order chi connectivity index (χ0) is 31.9. The molecule has 0 fully saturated rings. The lowest BCUT2D eigenvalue weighted by Gasteiger charge is -2.27. The summed E-state index contributed by atoms with van der Waals surface area (Å²) < 4.78 is 6.14. The van der Waals surface area contributed by atoms with Crippen molar-refractivity contribution in [3.8, 4) is 33.6 Å². The molecule has 0 bridgehead atoms. The van der Waals surface area contributed by atoms with Gasteiger partial charge in [-0.3, -0.25) is 0 Å². The summed E-state index contributed by atoms with van der Waals surface area (Å²) in [7, 11) is 0. The zero-order valence-electron chi connectivity index (χ0n) is 26.3. The first-order valence-electron chi connectivity index (χ1n) is 16.3. The van der Waals surface area contributed by atoms with Gasteiger partial charge in [-0.15, -0.1) is 0 Å². The average Bonchev–Trinajstić information content (AvgIpc) is 3.61. The molecule has 0 radical (unpaired) electrons. The first-order chi connectivity index (χ1) is 23.8. The molecule has 2 nitrogen and oxygen atoms in total. The summed E-state index contributed by atoms with van der Waals surface area (Å²) in [6.45, 7) is 0. The monoisotopic (exact) mass is 613 g/mol. The summed E-state index contributed by atoms with van der Waals surface area (Å²) in [6, 6.07) is 66.9. The molecule has 9 rings (SSSR count). The van der Waals surface area contributed by atoms with E-state index in [2.05, 4.69) is 175 Å². The molecule has 226 valence electrons. The second kappa shape index (κ2) is 11.8. The van der Waals surface area contributed by atoms with Crippen LogP contribution in [0.1, 0.15) is 0 Å². The van der Waals surface area contributed by atoms with E-state index >= 15 is 0 Å². The van der Waals surface area contributed by atoms with E-state index in [-0.39, 0.29) is 0 Å². The number of benzene rings is 8. The summed E-state index contributed by atoms with van der Waals surface area (Å²) in [5.74, 6) is 0.885. The van der Waals surface area contributed by atoms with E-state index < -0.39 is 0 Å². The van der Waals surface area contributed by atoms with Gasteiger partial charge in [-0.1, -0.05) is 140 Å². The number of furan rings is 1. The molecule has 0 N–H and O–H groups in total. The van der Waals surface area contributed by atoms with Crippen molar-refractivity contribution in [2.45, 2.75) is 0 Å². The lowest BCUT2D eigenvalue weighted by molar-refractivity contribution is 0.631. The van der Waals surface area contributed by atoms with Gasteiger partial charge in [0.15, 0.2) is 0 Å². The summed E-state index contributed by atoms with van der Waals surface area (Å²) in [5.41, 5.74) is 10.1. The molecule has 0 aliphatic heterocycles. The molecule has 0 atom stereocenters. The zero-order valence-corrected chi connectivity index (χ0v) is 26.3. The fourth-order valence-corrected chi connectivity index (χ4v) is 6.86. The quantitative estimate of drug-likeness (QED) is 0.174. The molecule has 9 aromatic rings. The summed E-state index contributed by atoms with van der Waals surface area (Å²) in [4.78, 5) is 2.37. The molecule has 0 aliphatic carbocycles. The molecule has 1 aromatic heterocycles. The number of anilines is 3. The molecular formula is C46H31NO. The number of para-hydroxylation sites is 2. The fraction of sp³-hybridized carbons (Fsp3) is 0. The normalized spacial score (nSPS) is 11.3. The maximum absolute atomic E-state index is 6.14. The third kappa shape index (κ3) is 5.01. The molecule has 1 heterocycles. The van der Waals surface area contributed by atoms with Crippen LogP contribution in [0.3, 0.4) is 0 Å². The van der Waals surface area contributed by atoms with Crippen molar-refractivity contribution in [3.63, 3.8) is 0 Å². The fourth-order valence-electron chi connectivity index (χ4n) is 6.86. The maximum atomic E-state index is 6.14. The van der Waals surface area contributed by atoms with Gasteiger partial charge in [0.2, 0.25) is 0 Å². The third-order valence-electron chi connectivity index (χ3n) is 9.25. The highest BCUT2D eigenvalue weighted by atomic mass is 16.3. The van der Waals surface area contributed by atoms with Crippen molar-refractivity contribution >= 4 is 49.6 Å². The Morgan fingerprint density at radius 3 is 1.65 bits per heavy atom. The van der Waals surface area contributed by atoms with Crippen molar-refractivity contribution in [2.24, 2.45) is 0 Å². The van der Waals surface area contributed by atoms with Gasteiger partial charge in [-0.05, 0) is 86.9 Å². The topological polar surface area (TPSA) is 16.4 Å². The Labute approximate surface area is 279 Å². The number of hydrogen-bond acceptors (Lipinski definition) is 2. The first-order valence-corrected chi connectivity index (χ1v) is 16.3. The third-order valence-corrected chi connectivity index (χ3v) is 9.25. The van der Waals surface area contributed by atoms with Crippen LogP contribution >= 0.6 is 0 Å². The van der Waals surface area contributed by atoms with E-state index in [9.17, 15) is 0 Å². The Morgan fingerprint density at radius 1 is 0.333 bits per heavy atom. The van der Waals surface area contributed by atoms with Crippen LogP contribution in [-0.2, 0) is 0 Å². The summed E-state index contributed by atoms with van der Waals surface area (Å²) in [5, 5.41) is 6.10. The molecule has 0 aliphatic rings. The lowest BCUT2D eigenvalue weighted by atomic mass is 9.98. The number of hydrogen-bond donors (Lipinski definition) is 0. The summed E-state index contributed by atoms with van der Waals surface area (Å²) >= 11 is 0. The van der Waals surface area contributed by atoms with E-state index in [1.807, 2.05) is 18.2 Å². The molecular weight excluding hydrogens is 583 g/mol. The second-order valence-corrected chi connectivity index (χ2v) is 12.2. The maximum Gasteiger partial charge on any atom is 0.135 e. The van der Waals surface area contributed by atoms with Gasteiger partial charge in [0, 0.05) is 27.7 Å². The SMILES string of the molecule is c1ccc(N(c2ccc(-c3ccc(-c4cccc(-c5cc6ccccc6o5)c4)cc3)cc2)c2cc3ccccc3c3ccccc23)cc1. The number of nitrogens with zero attached hydrogens (tertiary/aromatic N) is 1. The van der Waals surface area contributed by atoms with Gasteiger partial charge in [0.1, 0.15) is 11.3 Å². The Morgan fingerprint density at radius 2 is 0.896 bits per heavy atom. The standard InChI is InChI=1S/C46H31NO/c1-2-15-39(16-3-1)47(44-30-36-11-4-6-17-41(36)42-18-7-8-19-43(42)44)40-27-25-33(26-28-40)32-21-23-34(24-22-32)35-13-10-14-37(29-35)46-31-38-12-5-9-20-45(38)48-46/h1-31H. The van der Waals surface area contributed by atoms with E-state index in [4.69, 9.17) is 4.42 Å². The highest BCUT2D eigenvalue weighted by Crippen LogP contribution is 2.42. The van der Waals surface area contributed by atoms with E-state index in [0.29, 0.717) is 0 Å². The first kappa shape index (κ1) is 27.9. The van der Waals surface area contributed by atoms with Crippen molar-refractivity contribution in [1.82, 2.24) is 0 Å². The number of fused-ring (bicyclic) bond motifs is 4. The van der Waals surface area contributed by atoms with Crippen LogP contribution in [0.2, 0.25) is 0 Å². The average molecular weight is 614 g/mol. The molecule has 2 heteroatoms. The minimum atomic E-state index is 0.885. The van der Waals surface area contributed by atoms with Gasteiger partial charge < -0.3 is 9.32 Å². The predicted molar refractivity (Wildman–Crippen MR) is 202 cm³/mol. The summed E-state index contributed by atoms with van der Waals surface area (Å²) in [6.07, 6.45) is 0. The molecule has 48 heavy (non-hydrogen) atoms. The van der Waals surface area contributed by atoms with Crippen LogP contribution in [0.5, 0.6) is 0 Å². The van der Waals surface area contributed by atoms with Crippen LogP contribution < -0.4 is 4.90 Å². The van der Waals surface area contributed by atoms with Gasteiger partial charge in [-0.2, -0.15) is 0 Å². The molecule has 0 unspecified atom stereocenters. The van der Waals surface area contributed by atoms with E-state index in [1.165, 1.54) is 38.2 Å². The van der Waals surface area contributed by atoms with Crippen LogP contribution in [0.4, 0.5) is 17.1 Å². The molecule has 0 spiro atoms. The largest absolute Gasteiger partial charge is 0.456 e. The predicted octanol–water partition coefficient (Wildman–Crippen LogP) is 13.2. The van der Waals surface area contributed by atoms with Gasteiger partial charge in [0.05, 0.1) is 5.69 Å². The second-order valence-electron chi connectivity index (χ2n) is 12.2. The van der Waals surface area contributed by atoms with E-state index in [0.717, 1.165) is 44.9 Å². The van der Waals surface area contributed by atoms with Gasteiger partial charge in [0.25, 0.3) is 0 Å². The molecule has 0 saturated carbocycles.